The lowest BCUT2D eigenvalue weighted by Gasteiger charge is -2.07. The summed E-state index contributed by atoms with van der Waals surface area (Å²) in [6.07, 6.45) is 0.922. The number of nitriles is 1. The van der Waals surface area contributed by atoms with Crippen LogP contribution in [0.1, 0.15) is 34.1 Å². The van der Waals surface area contributed by atoms with Crippen LogP contribution in [-0.2, 0) is 6.42 Å². The number of hydrogen-bond acceptors (Lipinski definition) is 4. The molecule has 106 valence electrons. The monoisotopic (exact) mass is 296 g/mol. The minimum atomic E-state index is -0.0580. The van der Waals surface area contributed by atoms with Gasteiger partial charge in [-0.05, 0) is 31.9 Å². The average Bonchev–Trinajstić information content (AvgIpc) is 2.48. The fourth-order valence-corrected chi connectivity index (χ4v) is 3.03. The molecule has 0 fully saturated rings. The molecule has 0 unspecified atom stereocenters. The summed E-state index contributed by atoms with van der Waals surface area (Å²) in [6.45, 7) is 3.30. The molecular formula is C17H16N2OS. The number of pyridine rings is 1. The molecule has 4 heteroatoms. The Hall–Kier alpha value is -2.12. The molecule has 0 saturated carbocycles. The van der Waals surface area contributed by atoms with Crippen molar-refractivity contribution < 1.29 is 4.79 Å². The second-order valence-electron chi connectivity index (χ2n) is 4.73. The summed E-state index contributed by atoms with van der Waals surface area (Å²) in [7, 11) is 0. The number of carbonyl (C=O) groups is 1. The number of benzene rings is 1. The molecule has 0 amide bonds. The maximum absolute atomic E-state index is 11.5. The van der Waals surface area contributed by atoms with Crippen LogP contribution in [-0.4, -0.2) is 16.5 Å². The third-order valence-electron chi connectivity index (χ3n) is 3.15. The lowest BCUT2D eigenvalue weighted by atomic mass is 10.1. The predicted octanol–water partition coefficient (Wildman–Crippen LogP) is 3.80. The summed E-state index contributed by atoms with van der Waals surface area (Å²) in [5, 5.41) is 9.92. The van der Waals surface area contributed by atoms with E-state index in [0.717, 1.165) is 12.2 Å². The summed E-state index contributed by atoms with van der Waals surface area (Å²) < 4.78 is 0. The Labute approximate surface area is 129 Å². The van der Waals surface area contributed by atoms with Crippen molar-refractivity contribution in [1.82, 2.24) is 4.98 Å². The largest absolute Gasteiger partial charge is 0.294 e. The molecule has 0 saturated heterocycles. The first-order valence-corrected chi connectivity index (χ1v) is 7.69. The van der Waals surface area contributed by atoms with Crippen LogP contribution in [0, 0.1) is 18.3 Å². The maximum Gasteiger partial charge on any atom is 0.161 e. The second kappa shape index (κ2) is 7.05. The van der Waals surface area contributed by atoms with E-state index in [1.807, 2.05) is 18.2 Å². The first-order valence-electron chi connectivity index (χ1n) is 6.71. The molecule has 0 atom stereocenters. The van der Waals surface area contributed by atoms with E-state index in [-0.39, 0.29) is 5.78 Å². The van der Waals surface area contributed by atoms with E-state index in [1.165, 1.54) is 12.5 Å². The number of hydrogen-bond donors (Lipinski definition) is 0. The molecule has 1 aromatic heterocycles. The third kappa shape index (κ3) is 3.93. The zero-order valence-corrected chi connectivity index (χ0v) is 12.9. The maximum atomic E-state index is 11.5. The zero-order chi connectivity index (χ0) is 15.2. The topological polar surface area (TPSA) is 53.8 Å². The highest BCUT2D eigenvalue weighted by Gasteiger charge is 2.12. The normalized spacial score (nSPS) is 10.1. The van der Waals surface area contributed by atoms with E-state index in [9.17, 15) is 10.1 Å². The molecule has 0 spiro atoms. The quantitative estimate of drug-likeness (QED) is 0.622. The van der Waals surface area contributed by atoms with Gasteiger partial charge in [0.15, 0.2) is 5.78 Å². The van der Waals surface area contributed by atoms with E-state index in [0.29, 0.717) is 21.8 Å². The van der Waals surface area contributed by atoms with Crippen LogP contribution in [0.25, 0.3) is 0 Å². The minimum absolute atomic E-state index is 0.0580. The van der Waals surface area contributed by atoms with Gasteiger partial charge < -0.3 is 0 Å². The van der Waals surface area contributed by atoms with Crippen molar-refractivity contribution in [2.45, 2.75) is 25.3 Å². The van der Waals surface area contributed by atoms with Gasteiger partial charge in [-0.2, -0.15) is 5.26 Å². The van der Waals surface area contributed by atoms with Crippen LogP contribution in [0.15, 0.2) is 41.4 Å². The van der Waals surface area contributed by atoms with Gasteiger partial charge in [-0.1, -0.05) is 30.3 Å². The van der Waals surface area contributed by atoms with Gasteiger partial charge in [0, 0.05) is 17.0 Å². The van der Waals surface area contributed by atoms with Crippen molar-refractivity contribution in [2.75, 3.05) is 5.75 Å². The molecule has 0 N–H and O–H groups in total. The van der Waals surface area contributed by atoms with Gasteiger partial charge in [0.25, 0.3) is 0 Å². The van der Waals surface area contributed by atoms with Crippen LogP contribution in [0.3, 0.4) is 0 Å². The zero-order valence-electron chi connectivity index (χ0n) is 12.1. The summed E-state index contributed by atoms with van der Waals surface area (Å²) in [6, 6.07) is 14.0. The van der Waals surface area contributed by atoms with Gasteiger partial charge in [-0.3, -0.25) is 4.79 Å². The Morgan fingerprint density at radius 2 is 2.05 bits per heavy atom. The van der Waals surface area contributed by atoms with Crippen LogP contribution in [0.5, 0.6) is 0 Å². The van der Waals surface area contributed by atoms with Crippen LogP contribution in [0.4, 0.5) is 0 Å². The lowest BCUT2D eigenvalue weighted by molar-refractivity contribution is 0.101. The molecule has 0 aliphatic heterocycles. The summed E-state index contributed by atoms with van der Waals surface area (Å²) in [5.41, 5.74) is 2.95. The average molecular weight is 296 g/mol. The van der Waals surface area contributed by atoms with Gasteiger partial charge in [0.1, 0.15) is 11.1 Å². The van der Waals surface area contributed by atoms with E-state index >= 15 is 0 Å². The molecule has 21 heavy (non-hydrogen) atoms. The van der Waals surface area contributed by atoms with Crippen molar-refractivity contribution in [2.24, 2.45) is 0 Å². The smallest absolute Gasteiger partial charge is 0.161 e. The fraction of sp³-hybridized carbons (Fsp3) is 0.235. The SMILES string of the molecule is CC(=O)c1cc(C#N)c(SCCc2ccccc2)nc1C. The first-order chi connectivity index (χ1) is 10.1. The Kier molecular flexibility index (Phi) is 5.13. The molecule has 2 aromatic rings. The van der Waals surface area contributed by atoms with Crippen LogP contribution < -0.4 is 0 Å². The molecule has 0 aliphatic rings. The van der Waals surface area contributed by atoms with Gasteiger partial charge in [-0.25, -0.2) is 4.98 Å². The van der Waals surface area contributed by atoms with E-state index in [2.05, 4.69) is 23.2 Å². The number of nitrogens with zero attached hydrogens (tertiary/aromatic N) is 2. The minimum Gasteiger partial charge on any atom is -0.294 e. The number of ketones is 1. The Balaban J connectivity index is 2.11. The van der Waals surface area contributed by atoms with E-state index < -0.39 is 0 Å². The highest BCUT2D eigenvalue weighted by Crippen LogP contribution is 2.23. The molecular weight excluding hydrogens is 280 g/mol. The van der Waals surface area contributed by atoms with Crippen LogP contribution >= 0.6 is 11.8 Å². The van der Waals surface area contributed by atoms with Gasteiger partial charge >= 0.3 is 0 Å². The summed E-state index contributed by atoms with van der Waals surface area (Å²) >= 11 is 1.56. The highest BCUT2D eigenvalue weighted by molar-refractivity contribution is 7.99. The number of aryl methyl sites for hydroxylation is 2. The summed E-state index contributed by atoms with van der Waals surface area (Å²) in [5.74, 6) is 0.794. The number of aromatic nitrogens is 1. The van der Waals surface area contributed by atoms with Gasteiger partial charge in [0.05, 0.1) is 5.56 Å². The standard InChI is InChI=1S/C17H16N2OS/c1-12-16(13(2)20)10-15(11-18)17(19-12)21-9-8-14-6-4-3-5-7-14/h3-7,10H,8-9H2,1-2H3. The Morgan fingerprint density at radius 1 is 1.33 bits per heavy atom. The predicted molar refractivity (Wildman–Crippen MR) is 84.6 cm³/mol. The number of thioether (sulfide) groups is 1. The molecule has 2 rings (SSSR count). The van der Waals surface area contributed by atoms with Crippen molar-refractivity contribution in [3.8, 4) is 6.07 Å². The molecule has 1 heterocycles. The van der Waals surface area contributed by atoms with E-state index in [4.69, 9.17) is 0 Å². The molecule has 0 bridgehead atoms. The third-order valence-corrected chi connectivity index (χ3v) is 4.14. The number of carbonyl (C=O) groups excluding carboxylic acids is 1. The molecule has 3 nitrogen and oxygen atoms in total. The van der Waals surface area contributed by atoms with Crippen LogP contribution in [0.2, 0.25) is 0 Å². The van der Waals surface area contributed by atoms with Crippen molar-refractivity contribution in [3.63, 3.8) is 0 Å². The molecule has 1 aromatic carbocycles. The highest BCUT2D eigenvalue weighted by atomic mass is 32.2. The number of Topliss-reactive ketones (excluding diaryl/α,β-unsaturated/α-hetero) is 1. The van der Waals surface area contributed by atoms with Crippen molar-refractivity contribution in [1.29, 1.82) is 5.26 Å². The Morgan fingerprint density at radius 3 is 2.67 bits per heavy atom. The van der Waals surface area contributed by atoms with Gasteiger partial charge in [-0.15, -0.1) is 11.8 Å². The molecule has 0 radical (unpaired) electrons. The second-order valence-corrected chi connectivity index (χ2v) is 5.81. The Bertz CT molecular complexity index is 690. The van der Waals surface area contributed by atoms with Crippen molar-refractivity contribution in [3.05, 3.63) is 58.8 Å². The lowest BCUT2D eigenvalue weighted by Crippen LogP contribution is -2.02. The molecule has 0 aliphatic carbocycles. The fourth-order valence-electron chi connectivity index (χ4n) is 2.04. The number of rotatable bonds is 5. The van der Waals surface area contributed by atoms with E-state index in [1.54, 1.807) is 24.8 Å². The van der Waals surface area contributed by atoms with Gasteiger partial charge in [0.2, 0.25) is 0 Å². The van der Waals surface area contributed by atoms with Crippen molar-refractivity contribution >= 4 is 17.5 Å². The first kappa shape index (κ1) is 15.3. The summed E-state index contributed by atoms with van der Waals surface area (Å²) in [4.78, 5) is 15.9.